The number of hydrogen-bond donors (Lipinski definition) is 1. The van der Waals surface area contributed by atoms with Crippen molar-refractivity contribution < 1.29 is 14.6 Å². The molecule has 3 nitrogen and oxygen atoms in total. The molecule has 0 fully saturated rings. The minimum atomic E-state index is -0.379. The summed E-state index contributed by atoms with van der Waals surface area (Å²) < 4.78 is 4.91. The molecule has 1 rings (SSSR count). The van der Waals surface area contributed by atoms with Crippen LogP contribution >= 0.6 is 0 Å². The monoisotopic (exact) mass is 177 g/mol. The quantitative estimate of drug-likeness (QED) is 0.554. The predicted octanol–water partition coefficient (Wildman–Crippen LogP) is 1.14. The van der Waals surface area contributed by atoms with Gasteiger partial charge in [-0.1, -0.05) is 18.2 Å². The van der Waals surface area contributed by atoms with Crippen molar-refractivity contribution in [3.05, 3.63) is 35.9 Å². The number of allylic oxidation sites excluding steroid dienone is 1. The lowest BCUT2D eigenvalue weighted by Crippen LogP contribution is -1.95. The molecule has 1 N–H and O–H groups in total. The molecule has 13 heavy (non-hydrogen) atoms. The molecular weight excluding hydrogens is 168 g/mol. The minimum absolute atomic E-state index is 0.379. The van der Waals surface area contributed by atoms with Crippen molar-refractivity contribution >= 4 is 12.4 Å². The lowest BCUT2D eigenvalue weighted by molar-refractivity contribution is 0.0983. The predicted molar refractivity (Wildman–Crippen MR) is 48.9 cm³/mol. The van der Waals surface area contributed by atoms with Crippen molar-refractivity contribution in [1.82, 2.24) is 0 Å². The van der Waals surface area contributed by atoms with Crippen molar-refractivity contribution in [2.24, 2.45) is 0 Å². The highest BCUT2D eigenvalue weighted by Gasteiger charge is 1.97. The van der Waals surface area contributed by atoms with Gasteiger partial charge in [0.1, 0.15) is 5.75 Å². The third kappa shape index (κ3) is 2.72. The first-order chi connectivity index (χ1) is 6.38. The van der Waals surface area contributed by atoms with Crippen LogP contribution in [0.2, 0.25) is 0 Å². The molecule has 0 bridgehead atoms. The topological polar surface area (TPSA) is 46.5 Å². The summed E-state index contributed by atoms with van der Waals surface area (Å²) in [5, 5.41) is 8.55. The van der Waals surface area contributed by atoms with Gasteiger partial charge < -0.3 is 9.84 Å². The van der Waals surface area contributed by atoms with E-state index in [9.17, 15) is 4.79 Å². The molecule has 0 amide bonds. The molecule has 0 aliphatic carbocycles. The molecule has 0 aromatic heterocycles. The zero-order valence-electron chi connectivity index (χ0n) is 6.93. The van der Waals surface area contributed by atoms with Crippen LogP contribution in [-0.4, -0.2) is 18.2 Å². The summed E-state index contributed by atoms with van der Waals surface area (Å²) in [5.41, 5.74) is 0.736. The smallest absolute Gasteiger partial charge is 0.225 e. The van der Waals surface area contributed by atoms with Gasteiger partial charge in [-0.15, -0.1) is 0 Å². The van der Waals surface area contributed by atoms with Crippen LogP contribution in [0.1, 0.15) is 5.56 Å². The number of rotatable bonds is 4. The number of aliphatic hydroxyl groups excluding tert-OH is 1. The van der Waals surface area contributed by atoms with Crippen LogP contribution in [0.4, 0.5) is 0 Å². The van der Waals surface area contributed by atoms with E-state index in [-0.39, 0.29) is 6.79 Å². The van der Waals surface area contributed by atoms with Gasteiger partial charge in [-0.2, -0.15) is 0 Å². The number of aliphatic hydroxyl groups is 1. The Bertz CT molecular complexity index is 305. The van der Waals surface area contributed by atoms with Crippen LogP contribution in [0.25, 0.3) is 6.08 Å². The molecule has 67 valence electrons. The maximum Gasteiger partial charge on any atom is 0.225 e. The molecule has 0 atom stereocenters. The van der Waals surface area contributed by atoms with E-state index in [1.165, 1.54) is 6.08 Å². The average molecular weight is 177 g/mol. The van der Waals surface area contributed by atoms with Gasteiger partial charge in [0.25, 0.3) is 0 Å². The highest BCUT2D eigenvalue weighted by Crippen LogP contribution is 2.18. The fraction of sp³-hybridized carbons (Fsp3) is 0.100. The molecule has 0 spiro atoms. The van der Waals surface area contributed by atoms with E-state index >= 15 is 0 Å². The van der Waals surface area contributed by atoms with Gasteiger partial charge in [-0.05, 0) is 18.2 Å². The molecule has 0 unspecified atom stereocenters. The van der Waals surface area contributed by atoms with Gasteiger partial charge in [0, 0.05) is 5.56 Å². The Hall–Kier alpha value is -1.61. The third-order valence-corrected chi connectivity index (χ3v) is 1.47. The van der Waals surface area contributed by atoms with Gasteiger partial charge in [-0.25, -0.2) is 0 Å². The van der Waals surface area contributed by atoms with Gasteiger partial charge >= 0.3 is 0 Å². The minimum Gasteiger partial charge on any atom is -0.467 e. The zero-order chi connectivity index (χ0) is 9.52. The Labute approximate surface area is 76.3 Å². The van der Waals surface area contributed by atoms with Crippen molar-refractivity contribution in [1.29, 1.82) is 0 Å². The Balaban J connectivity index is 2.90. The number of hydrogen-bond acceptors (Lipinski definition) is 3. The summed E-state index contributed by atoms with van der Waals surface area (Å²) in [4.78, 5) is 9.95. The summed E-state index contributed by atoms with van der Waals surface area (Å²) in [6.45, 7) is -0.379. The molecule has 1 aromatic rings. The number of para-hydroxylation sites is 1. The van der Waals surface area contributed by atoms with Gasteiger partial charge in [-0.3, -0.25) is 4.79 Å². The number of benzene rings is 1. The van der Waals surface area contributed by atoms with Crippen molar-refractivity contribution in [3.8, 4) is 5.75 Å². The normalized spacial score (nSPS) is 10.2. The lowest BCUT2D eigenvalue weighted by Gasteiger charge is -2.04. The van der Waals surface area contributed by atoms with Gasteiger partial charge in [0.15, 0.2) is 6.79 Å². The number of carbonyl (C=O) groups excluding carboxylic acids is 1. The van der Waals surface area contributed by atoms with Crippen LogP contribution in [0.5, 0.6) is 5.75 Å². The van der Waals surface area contributed by atoms with E-state index < -0.39 is 0 Å². The highest BCUT2D eigenvalue weighted by atomic mass is 16.6. The fourth-order valence-corrected chi connectivity index (χ4v) is 0.943. The second kappa shape index (κ2) is 5.11. The molecule has 0 aliphatic rings. The maximum atomic E-state index is 9.95. The van der Waals surface area contributed by atoms with E-state index in [0.29, 0.717) is 5.75 Å². The molecule has 1 aromatic carbocycles. The second-order valence-electron chi connectivity index (χ2n) is 2.26. The molecule has 1 radical (unpaired) electrons. The SMILES string of the molecule is O=[C]/C=C/c1ccccc1OCO. The van der Waals surface area contributed by atoms with E-state index in [0.717, 1.165) is 5.56 Å². The Morgan fingerprint density at radius 3 is 2.92 bits per heavy atom. The van der Waals surface area contributed by atoms with Gasteiger partial charge in [0.05, 0.1) is 0 Å². The zero-order valence-corrected chi connectivity index (χ0v) is 6.93. The van der Waals surface area contributed by atoms with Crippen LogP contribution < -0.4 is 4.74 Å². The Morgan fingerprint density at radius 2 is 2.23 bits per heavy atom. The summed E-state index contributed by atoms with van der Waals surface area (Å²) in [6.07, 6.45) is 4.45. The molecule has 0 saturated carbocycles. The highest BCUT2D eigenvalue weighted by molar-refractivity contribution is 5.75. The van der Waals surface area contributed by atoms with Crippen molar-refractivity contribution in [3.63, 3.8) is 0 Å². The largest absolute Gasteiger partial charge is 0.467 e. The average Bonchev–Trinajstić information content (AvgIpc) is 2.17. The number of ether oxygens (including phenoxy) is 1. The van der Waals surface area contributed by atoms with E-state index in [1.807, 2.05) is 6.07 Å². The lowest BCUT2D eigenvalue weighted by atomic mass is 10.2. The fourth-order valence-electron chi connectivity index (χ4n) is 0.943. The molecule has 0 saturated heterocycles. The van der Waals surface area contributed by atoms with Crippen LogP contribution in [0, 0.1) is 0 Å². The summed E-state index contributed by atoms with van der Waals surface area (Å²) in [7, 11) is 0. The molecule has 0 aliphatic heterocycles. The molecular formula is C10H9O3. The third-order valence-electron chi connectivity index (χ3n) is 1.47. The van der Waals surface area contributed by atoms with Crippen LogP contribution in [0.3, 0.4) is 0 Å². The summed E-state index contributed by atoms with van der Waals surface area (Å²) >= 11 is 0. The molecule has 0 heterocycles. The van der Waals surface area contributed by atoms with E-state index in [1.54, 1.807) is 30.6 Å². The standard InChI is InChI=1S/C10H9O3/c11-7-3-5-9-4-1-2-6-10(9)13-8-12/h1-6,12H,8H2/b5-3+. The molecule has 3 heteroatoms. The van der Waals surface area contributed by atoms with Crippen LogP contribution in [0.15, 0.2) is 30.3 Å². The van der Waals surface area contributed by atoms with Crippen LogP contribution in [-0.2, 0) is 4.79 Å². The Kier molecular flexibility index (Phi) is 3.73. The van der Waals surface area contributed by atoms with Crippen molar-refractivity contribution in [2.45, 2.75) is 0 Å². The van der Waals surface area contributed by atoms with E-state index in [4.69, 9.17) is 9.84 Å². The first kappa shape index (κ1) is 9.48. The summed E-state index contributed by atoms with van der Waals surface area (Å²) in [6, 6.07) is 7.08. The second-order valence-corrected chi connectivity index (χ2v) is 2.26. The van der Waals surface area contributed by atoms with Gasteiger partial charge in [0.2, 0.25) is 6.29 Å². The Morgan fingerprint density at radius 1 is 1.46 bits per heavy atom. The summed E-state index contributed by atoms with van der Waals surface area (Å²) in [5.74, 6) is 0.538. The first-order valence-electron chi connectivity index (χ1n) is 3.75. The maximum absolute atomic E-state index is 9.95. The van der Waals surface area contributed by atoms with Crippen molar-refractivity contribution in [2.75, 3.05) is 6.79 Å². The van der Waals surface area contributed by atoms with E-state index in [2.05, 4.69) is 0 Å². The first-order valence-corrected chi connectivity index (χ1v) is 3.75.